The monoisotopic (exact) mass is 296 g/mol. The number of thiophene rings is 1. The molecule has 7 heteroatoms. The molecule has 0 unspecified atom stereocenters. The van der Waals surface area contributed by atoms with E-state index in [9.17, 15) is 9.59 Å². The molecule has 0 aliphatic carbocycles. The molecule has 0 atom stereocenters. The number of piperidine rings is 1. The quantitative estimate of drug-likeness (QED) is 0.417. The second-order valence-electron chi connectivity index (χ2n) is 5.14. The van der Waals surface area contributed by atoms with Gasteiger partial charge in [-0.2, -0.15) is 0 Å². The zero-order valence-electron chi connectivity index (χ0n) is 11.3. The number of hydrogen-bond acceptors (Lipinski definition) is 5. The number of carbonyl (C=O) groups excluding carboxylic acids is 2. The van der Waals surface area contributed by atoms with Crippen LogP contribution in [0.25, 0.3) is 0 Å². The van der Waals surface area contributed by atoms with E-state index >= 15 is 0 Å². The molecular formula is C13H20N4O2S. The van der Waals surface area contributed by atoms with Gasteiger partial charge in [-0.25, -0.2) is 5.84 Å². The van der Waals surface area contributed by atoms with Crippen molar-refractivity contribution in [2.45, 2.75) is 25.8 Å². The van der Waals surface area contributed by atoms with Crippen LogP contribution in [0.1, 0.15) is 34.5 Å². The van der Waals surface area contributed by atoms with Crippen LogP contribution in [0.5, 0.6) is 0 Å². The van der Waals surface area contributed by atoms with Gasteiger partial charge in [0.1, 0.15) is 0 Å². The first kappa shape index (κ1) is 15.0. The summed E-state index contributed by atoms with van der Waals surface area (Å²) in [6.07, 6.45) is 2.43. The van der Waals surface area contributed by atoms with Crippen molar-refractivity contribution >= 4 is 23.2 Å². The fraction of sp³-hybridized carbons (Fsp3) is 0.538. The molecule has 1 aliphatic rings. The summed E-state index contributed by atoms with van der Waals surface area (Å²) in [5, 5.41) is 1.90. The Kier molecular flexibility index (Phi) is 5.11. The number of carbonyl (C=O) groups is 2. The summed E-state index contributed by atoms with van der Waals surface area (Å²) in [5.74, 6) is 5.12. The SMILES string of the molecule is NNC(=O)c1sccc1CN1CCC(CC(N)=O)CC1. The molecule has 5 N–H and O–H groups in total. The van der Waals surface area contributed by atoms with Gasteiger partial charge in [-0.05, 0) is 48.9 Å². The molecule has 1 aromatic heterocycles. The number of rotatable bonds is 5. The number of nitrogens with one attached hydrogen (secondary N) is 1. The maximum atomic E-state index is 11.6. The van der Waals surface area contributed by atoms with Gasteiger partial charge in [-0.3, -0.25) is 19.9 Å². The van der Waals surface area contributed by atoms with Gasteiger partial charge in [0.2, 0.25) is 5.91 Å². The zero-order chi connectivity index (χ0) is 14.5. The van der Waals surface area contributed by atoms with E-state index in [2.05, 4.69) is 10.3 Å². The smallest absolute Gasteiger partial charge is 0.275 e. The maximum Gasteiger partial charge on any atom is 0.275 e. The summed E-state index contributed by atoms with van der Waals surface area (Å²) in [6.45, 7) is 2.60. The predicted octanol–water partition coefficient (Wildman–Crippen LogP) is 0.439. The van der Waals surface area contributed by atoms with Crippen molar-refractivity contribution in [1.29, 1.82) is 0 Å². The highest BCUT2D eigenvalue weighted by atomic mass is 32.1. The van der Waals surface area contributed by atoms with Crippen LogP contribution in [0.3, 0.4) is 0 Å². The molecule has 1 aliphatic heterocycles. The minimum atomic E-state index is -0.237. The van der Waals surface area contributed by atoms with Crippen molar-refractivity contribution in [2.24, 2.45) is 17.5 Å². The Morgan fingerprint density at radius 3 is 2.70 bits per heavy atom. The molecule has 1 saturated heterocycles. The molecule has 0 radical (unpaired) electrons. The van der Waals surface area contributed by atoms with Crippen LogP contribution in [-0.4, -0.2) is 29.8 Å². The minimum absolute atomic E-state index is 0.219. The van der Waals surface area contributed by atoms with E-state index in [-0.39, 0.29) is 11.8 Å². The Bertz CT molecular complexity index is 480. The Balaban J connectivity index is 1.88. The standard InChI is InChI=1S/C13H20N4O2S/c14-11(18)7-9-1-4-17(5-2-9)8-10-3-6-20-12(10)13(19)16-15/h3,6,9H,1-2,4-5,7-8,15H2,(H2,14,18)(H,16,19). The lowest BCUT2D eigenvalue weighted by Crippen LogP contribution is -2.35. The van der Waals surface area contributed by atoms with Gasteiger partial charge in [0.25, 0.3) is 5.91 Å². The van der Waals surface area contributed by atoms with E-state index in [1.807, 2.05) is 11.4 Å². The molecule has 0 spiro atoms. The Hall–Kier alpha value is -1.44. The molecule has 2 heterocycles. The number of likely N-dealkylation sites (tertiary alicyclic amines) is 1. The second kappa shape index (κ2) is 6.83. The second-order valence-corrected chi connectivity index (χ2v) is 6.05. The van der Waals surface area contributed by atoms with E-state index in [0.717, 1.165) is 38.0 Å². The lowest BCUT2D eigenvalue weighted by molar-refractivity contribution is -0.119. The van der Waals surface area contributed by atoms with Crippen molar-refractivity contribution in [1.82, 2.24) is 10.3 Å². The molecule has 110 valence electrons. The molecule has 0 bridgehead atoms. The van der Waals surface area contributed by atoms with Gasteiger partial charge in [-0.1, -0.05) is 0 Å². The highest BCUT2D eigenvalue weighted by Crippen LogP contribution is 2.24. The average Bonchev–Trinajstić information content (AvgIpc) is 2.87. The highest BCUT2D eigenvalue weighted by molar-refractivity contribution is 7.12. The van der Waals surface area contributed by atoms with Crippen molar-refractivity contribution in [3.05, 3.63) is 21.9 Å². The lowest BCUT2D eigenvalue weighted by Gasteiger charge is -2.31. The zero-order valence-corrected chi connectivity index (χ0v) is 12.1. The molecular weight excluding hydrogens is 276 g/mol. The summed E-state index contributed by atoms with van der Waals surface area (Å²) in [5.41, 5.74) is 8.41. The summed E-state index contributed by atoms with van der Waals surface area (Å²) >= 11 is 1.40. The maximum absolute atomic E-state index is 11.6. The van der Waals surface area contributed by atoms with E-state index in [1.54, 1.807) is 0 Å². The van der Waals surface area contributed by atoms with E-state index in [0.29, 0.717) is 17.2 Å². The van der Waals surface area contributed by atoms with Gasteiger partial charge >= 0.3 is 0 Å². The van der Waals surface area contributed by atoms with Crippen LogP contribution in [-0.2, 0) is 11.3 Å². The van der Waals surface area contributed by atoms with Crippen LogP contribution < -0.4 is 17.0 Å². The molecule has 0 saturated carbocycles. The lowest BCUT2D eigenvalue weighted by atomic mass is 9.93. The number of nitrogen functional groups attached to an aromatic ring is 1. The topological polar surface area (TPSA) is 101 Å². The summed E-state index contributed by atoms with van der Waals surface area (Å²) in [7, 11) is 0. The largest absolute Gasteiger partial charge is 0.370 e. The fourth-order valence-corrected chi connectivity index (χ4v) is 3.42. The third-order valence-electron chi connectivity index (χ3n) is 3.68. The van der Waals surface area contributed by atoms with Crippen molar-refractivity contribution in [3.8, 4) is 0 Å². The first-order valence-electron chi connectivity index (χ1n) is 6.68. The first-order valence-corrected chi connectivity index (χ1v) is 7.56. The highest BCUT2D eigenvalue weighted by Gasteiger charge is 2.22. The minimum Gasteiger partial charge on any atom is -0.370 e. The van der Waals surface area contributed by atoms with Crippen LogP contribution in [0.4, 0.5) is 0 Å². The Morgan fingerprint density at radius 2 is 2.10 bits per heavy atom. The summed E-state index contributed by atoms with van der Waals surface area (Å²) < 4.78 is 0. The van der Waals surface area contributed by atoms with Crippen LogP contribution in [0.15, 0.2) is 11.4 Å². The number of amides is 2. The molecule has 2 amide bonds. The molecule has 1 aromatic rings. The van der Waals surface area contributed by atoms with Crippen LogP contribution >= 0.6 is 11.3 Å². The third kappa shape index (κ3) is 3.78. The van der Waals surface area contributed by atoms with Crippen LogP contribution in [0, 0.1) is 5.92 Å². The van der Waals surface area contributed by atoms with Crippen molar-refractivity contribution in [3.63, 3.8) is 0 Å². The van der Waals surface area contributed by atoms with Gasteiger partial charge in [-0.15, -0.1) is 11.3 Å². The number of hydrazine groups is 1. The van der Waals surface area contributed by atoms with Gasteiger partial charge in [0.15, 0.2) is 0 Å². The molecule has 20 heavy (non-hydrogen) atoms. The van der Waals surface area contributed by atoms with E-state index in [4.69, 9.17) is 11.6 Å². The number of hydrogen-bond donors (Lipinski definition) is 3. The molecule has 0 aromatic carbocycles. The first-order chi connectivity index (χ1) is 9.60. The normalized spacial score (nSPS) is 17.1. The Labute approximate surface area is 122 Å². The van der Waals surface area contributed by atoms with E-state index < -0.39 is 0 Å². The third-order valence-corrected chi connectivity index (χ3v) is 4.63. The number of nitrogens with two attached hydrogens (primary N) is 2. The van der Waals surface area contributed by atoms with Gasteiger partial charge < -0.3 is 5.73 Å². The van der Waals surface area contributed by atoms with Gasteiger partial charge in [0.05, 0.1) is 4.88 Å². The van der Waals surface area contributed by atoms with Crippen molar-refractivity contribution < 1.29 is 9.59 Å². The predicted molar refractivity (Wildman–Crippen MR) is 77.8 cm³/mol. The molecule has 1 fully saturated rings. The number of nitrogens with zero attached hydrogens (tertiary/aromatic N) is 1. The molecule has 6 nitrogen and oxygen atoms in total. The summed E-state index contributed by atoms with van der Waals surface area (Å²) in [4.78, 5) is 25.5. The van der Waals surface area contributed by atoms with Gasteiger partial charge in [0, 0.05) is 13.0 Å². The Morgan fingerprint density at radius 1 is 1.40 bits per heavy atom. The molecule has 2 rings (SSSR count). The average molecular weight is 296 g/mol. The summed E-state index contributed by atoms with van der Waals surface area (Å²) in [6, 6.07) is 1.96. The van der Waals surface area contributed by atoms with Crippen LogP contribution in [0.2, 0.25) is 0 Å². The fourth-order valence-electron chi connectivity index (χ4n) is 2.60. The van der Waals surface area contributed by atoms with Crippen molar-refractivity contribution in [2.75, 3.05) is 13.1 Å². The number of primary amides is 1. The van der Waals surface area contributed by atoms with E-state index in [1.165, 1.54) is 11.3 Å².